The van der Waals surface area contributed by atoms with E-state index in [0.717, 1.165) is 32.6 Å². The van der Waals surface area contributed by atoms with Crippen LogP contribution < -0.4 is 5.32 Å². The summed E-state index contributed by atoms with van der Waals surface area (Å²) in [7, 11) is 0. The number of fused-ring (bicyclic) bond motifs is 3. The molecule has 2 atom stereocenters. The molecule has 0 radical (unpaired) electrons. The smallest absolute Gasteiger partial charge is 0.227 e. The van der Waals surface area contributed by atoms with E-state index in [-0.39, 0.29) is 5.92 Å². The van der Waals surface area contributed by atoms with Crippen molar-refractivity contribution >= 4 is 16.8 Å². The molecule has 1 aromatic heterocycles. The summed E-state index contributed by atoms with van der Waals surface area (Å²) in [5.74, 6) is 0.919. The second-order valence-electron chi connectivity index (χ2n) is 6.38. The van der Waals surface area contributed by atoms with Crippen molar-refractivity contribution in [2.75, 3.05) is 19.6 Å². The van der Waals surface area contributed by atoms with Crippen molar-refractivity contribution in [1.82, 2.24) is 15.2 Å². The molecule has 0 saturated carbocycles. The molecule has 1 fully saturated rings. The Hall–Kier alpha value is -1.81. The first kappa shape index (κ1) is 12.9. The Labute approximate surface area is 124 Å². The number of hydrogen-bond acceptors (Lipinski definition) is 2. The van der Waals surface area contributed by atoms with Crippen LogP contribution in [0.5, 0.6) is 0 Å². The van der Waals surface area contributed by atoms with Crippen LogP contribution in [0, 0.1) is 11.8 Å². The first-order valence-electron chi connectivity index (χ1n) is 7.82. The number of amides is 1. The third-order valence-corrected chi connectivity index (χ3v) is 5.03. The van der Waals surface area contributed by atoms with Crippen molar-refractivity contribution in [2.24, 2.45) is 11.8 Å². The number of nitrogens with one attached hydrogen (secondary N) is 2. The summed E-state index contributed by atoms with van der Waals surface area (Å²) in [5, 5.41) is 4.60. The van der Waals surface area contributed by atoms with E-state index in [1.807, 2.05) is 0 Å². The van der Waals surface area contributed by atoms with Crippen LogP contribution in [-0.2, 0) is 17.8 Å². The monoisotopic (exact) mass is 283 g/mol. The maximum Gasteiger partial charge on any atom is 0.227 e. The number of H-pyrrole nitrogens is 1. The summed E-state index contributed by atoms with van der Waals surface area (Å²) in [5.41, 5.74) is 3.80. The van der Waals surface area contributed by atoms with Gasteiger partial charge in [0.15, 0.2) is 0 Å². The number of carbonyl (C=O) groups excluding carboxylic acids is 1. The van der Waals surface area contributed by atoms with Gasteiger partial charge in [0, 0.05) is 48.2 Å². The molecule has 2 aliphatic heterocycles. The van der Waals surface area contributed by atoms with E-state index in [1.165, 1.54) is 22.2 Å². The molecule has 4 heteroatoms. The third kappa shape index (κ3) is 2.05. The van der Waals surface area contributed by atoms with Gasteiger partial charge >= 0.3 is 0 Å². The minimum atomic E-state index is 0.150. The number of nitrogens with zero attached hydrogens (tertiary/aromatic N) is 1. The Balaban J connectivity index is 1.62. The zero-order chi connectivity index (χ0) is 14.4. The van der Waals surface area contributed by atoms with E-state index in [0.29, 0.717) is 11.8 Å². The maximum atomic E-state index is 12.8. The van der Waals surface area contributed by atoms with Gasteiger partial charge in [-0.25, -0.2) is 0 Å². The second kappa shape index (κ2) is 4.88. The largest absolute Gasteiger partial charge is 0.358 e. The van der Waals surface area contributed by atoms with Gasteiger partial charge in [0.1, 0.15) is 0 Å². The van der Waals surface area contributed by atoms with Crippen molar-refractivity contribution < 1.29 is 4.79 Å². The molecule has 2 aliphatic rings. The van der Waals surface area contributed by atoms with Gasteiger partial charge in [-0.1, -0.05) is 25.1 Å². The Kier molecular flexibility index (Phi) is 3.00. The van der Waals surface area contributed by atoms with Crippen LogP contribution in [0.15, 0.2) is 24.3 Å². The number of carbonyl (C=O) groups is 1. The van der Waals surface area contributed by atoms with Crippen molar-refractivity contribution in [2.45, 2.75) is 19.9 Å². The van der Waals surface area contributed by atoms with Gasteiger partial charge in [0.25, 0.3) is 0 Å². The Morgan fingerprint density at radius 3 is 2.95 bits per heavy atom. The molecular weight excluding hydrogens is 262 g/mol. The lowest BCUT2D eigenvalue weighted by Gasteiger charge is -2.30. The zero-order valence-corrected chi connectivity index (χ0v) is 12.4. The highest BCUT2D eigenvalue weighted by atomic mass is 16.2. The predicted molar refractivity (Wildman–Crippen MR) is 82.9 cm³/mol. The molecule has 0 spiro atoms. The van der Waals surface area contributed by atoms with Crippen molar-refractivity contribution in [3.05, 3.63) is 35.5 Å². The number of hydrogen-bond donors (Lipinski definition) is 2. The van der Waals surface area contributed by atoms with Crippen LogP contribution in [0.2, 0.25) is 0 Å². The minimum Gasteiger partial charge on any atom is -0.358 e. The Bertz CT molecular complexity index is 690. The van der Waals surface area contributed by atoms with Crippen molar-refractivity contribution in [3.63, 3.8) is 0 Å². The average molecular weight is 283 g/mol. The number of aromatic nitrogens is 1. The molecule has 1 saturated heterocycles. The molecule has 0 bridgehead atoms. The lowest BCUT2D eigenvalue weighted by Crippen LogP contribution is -2.41. The molecule has 2 N–H and O–H groups in total. The van der Waals surface area contributed by atoms with Crippen molar-refractivity contribution in [3.8, 4) is 0 Å². The summed E-state index contributed by atoms with van der Waals surface area (Å²) in [6, 6.07) is 8.39. The third-order valence-electron chi connectivity index (χ3n) is 5.03. The fraction of sp³-hybridized carbons (Fsp3) is 0.471. The molecule has 0 aliphatic carbocycles. The lowest BCUT2D eigenvalue weighted by atomic mass is 9.95. The lowest BCUT2D eigenvalue weighted by molar-refractivity contribution is -0.136. The molecule has 3 heterocycles. The van der Waals surface area contributed by atoms with Gasteiger partial charge in [0.2, 0.25) is 5.91 Å². The highest BCUT2D eigenvalue weighted by molar-refractivity contribution is 5.86. The summed E-state index contributed by atoms with van der Waals surface area (Å²) >= 11 is 0. The van der Waals surface area contributed by atoms with Gasteiger partial charge in [-0.15, -0.1) is 0 Å². The van der Waals surface area contributed by atoms with Gasteiger partial charge in [-0.05, 0) is 18.5 Å². The minimum absolute atomic E-state index is 0.150. The molecule has 4 nitrogen and oxygen atoms in total. The highest BCUT2D eigenvalue weighted by Crippen LogP contribution is 2.29. The molecule has 0 unspecified atom stereocenters. The summed E-state index contributed by atoms with van der Waals surface area (Å²) < 4.78 is 0. The van der Waals surface area contributed by atoms with Gasteiger partial charge in [-0.3, -0.25) is 4.79 Å². The van der Waals surface area contributed by atoms with Gasteiger partial charge in [0.05, 0.1) is 5.92 Å². The fourth-order valence-corrected chi connectivity index (χ4v) is 3.73. The SMILES string of the molecule is C[C@@H]1CNC[C@H]1C(=O)N1CCc2[nH]c3ccccc3c2C1. The quantitative estimate of drug-likeness (QED) is 0.840. The fourth-order valence-electron chi connectivity index (χ4n) is 3.73. The van der Waals surface area contributed by atoms with E-state index in [9.17, 15) is 4.79 Å². The Morgan fingerprint density at radius 2 is 2.14 bits per heavy atom. The van der Waals surface area contributed by atoms with E-state index in [4.69, 9.17) is 0 Å². The molecule has 110 valence electrons. The molecule has 2 aromatic rings. The van der Waals surface area contributed by atoms with Crippen molar-refractivity contribution in [1.29, 1.82) is 0 Å². The maximum absolute atomic E-state index is 12.8. The van der Waals surface area contributed by atoms with E-state index in [1.54, 1.807) is 0 Å². The first-order valence-corrected chi connectivity index (χ1v) is 7.82. The Morgan fingerprint density at radius 1 is 1.29 bits per heavy atom. The molecule has 21 heavy (non-hydrogen) atoms. The highest BCUT2D eigenvalue weighted by Gasteiger charge is 2.34. The second-order valence-corrected chi connectivity index (χ2v) is 6.38. The van der Waals surface area contributed by atoms with Crippen LogP contribution in [0.4, 0.5) is 0 Å². The summed E-state index contributed by atoms with van der Waals surface area (Å²) in [6.45, 7) is 5.55. The molecule has 1 aromatic carbocycles. The summed E-state index contributed by atoms with van der Waals surface area (Å²) in [4.78, 5) is 18.3. The van der Waals surface area contributed by atoms with Crippen LogP contribution in [0.1, 0.15) is 18.2 Å². The number of benzene rings is 1. The average Bonchev–Trinajstić information content (AvgIpc) is 3.09. The van der Waals surface area contributed by atoms with Crippen LogP contribution in [0.3, 0.4) is 0 Å². The van der Waals surface area contributed by atoms with Crippen LogP contribution >= 0.6 is 0 Å². The number of para-hydroxylation sites is 1. The first-order chi connectivity index (χ1) is 10.2. The van der Waals surface area contributed by atoms with E-state index in [2.05, 4.69) is 46.4 Å². The normalized spacial score (nSPS) is 25.3. The number of rotatable bonds is 1. The predicted octanol–water partition coefficient (Wildman–Crippen LogP) is 1.91. The van der Waals surface area contributed by atoms with Crippen LogP contribution in [0.25, 0.3) is 10.9 Å². The van der Waals surface area contributed by atoms with Gasteiger partial charge in [-0.2, -0.15) is 0 Å². The van der Waals surface area contributed by atoms with Crippen LogP contribution in [-0.4, -0.2) is 35.4 Å². The summed E-state index contributed by atoms with van der Waals surface area (Å²) in [6.07, 6.45) is 0.935. The van der Waals surface area contributed by atoms with E-state index >= 15 is 0 Å². The molecule has 4 rings (SSSR count). The molecular formula is C17H21N3O. The van der Waals surface area contributed by atoms with E-state index < -0.39 is 0 Å². The van der Waals surface area contributed by atoms with Gasteiger partial charge < -0.3 is 15.2 Å². The standard InChI is InChI=1S/C17H21N3O/c1-11-8-18-9-13(11)17(21)20-7-6-16-14(10-20)12-4-2-3-5-15(12)19-16/h2-5,11,13,18-19H,6-10H2,1H3/t11-,13-/m1/s1. The number of aromatic amines is 1. The topological polar surface area (TPSA) is 48.1 Å². The molecule has 1 amide bonds. The zero-order valence-electron chi connectivity index (χ0n) is 12.4.